The highest BCUT2D eigenvalue weighted by atomic mass is 32.1. The molecule has 2 aromatic heterocycles. The van der Waals surface area contributed by atoms with Gasteiger partial charge in [0.15, 0.2) is 4.96 Å². The Morgan fingerprint density at radius 3 is 2.77 bits per heavy atom. The molecule has 7 heteroatoms. The van der Waals surface area contributed by atoms with Crippen molar-refractivity contribution in [2.75, 3.05) is 13.1 Å². The summed E-state index contributed by atoms with van der Waals surface area (Å²) in [7, 11) is 0. The zero-order valence-electron chi connectivity index (χ0n) is 12.8. The third-order valence-corrected chi connectivity index (χ3v) is 5.00. The number of nitrogens with one attached hydrogen (secondary N) is 1. The van der Waals surface area contributed by atoms with Gasteiger partial charge in [-0.25, -0.2) is 4.98 Å². The molecule has 0 unspecified atom stereocenters. The summed E-state index contributed by atoms with van der Waals surface area (Å²) in [5, 5.41) is 5.03. The predicted molar refractivity (Wildman–Crippen MR) is 84.6 cm³/mol. The van der Waals surface area contributed by atoms with Crippen LogP contribution in [0.1, 0.15) is 38.4 Å². The molecule has 1 aliphatic rings. The summed E-state index contributed by atoms with van der Waals surface area (Å²) in [4.78, 5) is 30.9. The molecule has 2 amide bonds. The first kappa shape index (κ1) is 15.0. The van der Waals surface area contributed by atoms with E-state index in [9.17, 15) is 9.59 Å². The molecule has 22 heavy (non-hydrogen) atoms. The van der Waals surface area contributed by atoms with Crippen LogP contribution in [0.25, 0.3) is 4.96 Å². The highest BCUT2D eigenvalue weighted by Crippen LogP contribution is 2.20. The largest absolute Gasteiger partial charge is 0.348 e. The van der Waals surface area contributed by atoms with E-state index in [1.54, 1.807) is 23.2 Å². The van der Waals surface area contributed by atoms with E-state index in [1.807, 2.05) is 29.1 Å². The van der Waals surface area contributed by atoms with Gasteiger partial charge in [-0.15, -0.1) is 11.3 Å². The van der Waals surface area contributed by atoms with E-state index in [4.69, 9.17) is 0 Å². The second kappa shape index (κ2) is 6.08. The smallest absolute Gasteiger partial charge is 0.223 e. The molecule has 1 aliphatic heterocycles. The molecule has 0 radical (unpaired) electrons. The standard InChI is InChI=1S/C15H20N4O2S/c1-10(13-9-19-7-8-22-15(19)17-13)16-14(21)12-3-5-18(6-4-12)11(2)20/h7-10,12H,3-6H2,1-2H3,(H,16,21)/t10-/m0/s1. The van der Waals surface area contributed by atoms with Gasteiger partial charge in [-0.2, -0.15) is 0 Å². The molecule has 1 saturated heterocycles. The summed E-state index contributed by atoms with van der Waals surface area (Å²) in [6, 6.07) is -0.106. The van der Waals surface area contributed by atoms with Crippen molar-refractivity contribution in [2.24, 2.45) is 5.92 Å². The number of likely N-dealkylation sites (tertiary alicyclic amines) is 1. The number of nitrogens with zero attached hydrogens (tertiary/aromatic N) is 3. The van der Waals surface area contributed by atoms with Gasteiger partial charge in [0.1, 0.15) is 0 Å². The molecular formula is C15H20N4O2S. The molecule has 3 rings (SSSR count). The molecule has 2 aromatic rings. The molecule has 3 heterocycles. The van der Waals surface area contributed by atoms with E-state index in [1.165, 1.54) is 0 Å². The van der Waals surface area contributed by atoms with Crippen molar-refractivity contribution >= 4 is 28.1 Å². The van der Waals surface area contributed by atoms with Gasteiger partial charge in [0.25, 0.3) is 0 Å². The van der Waals surface area contributed by atoms with Crippen LogP contribution < -0.4 is 5.32 Å². The van der Waals surface area contributed by atoms with Crippen LogP contribution in [-0.2, 0) is 9.59 Å². The average molecular weight is 320 g/mol. The number of carbonyl (C=O) groups excluding carboxylic acids is 2. The fourth-order valence-electron chi connectivity index (χ4n) is 2.82. The number of hydrogen-bond donors (Lipinski definition) is 1. The molecule has 1 fully saturated rings. The number of aromatic nitrogens is 2. The molecule has 1 N–H and O–H groups in total. The average Bonchev–Trinajstić information content (AvgIpc) is 3.08. The molecule has 1 atom stereocenters. The van der Waals surface area contributed by atoms with Gasteiger partial charge in [-0.05, 0) is 19.8 Å². The Morgan fingerprint density at radius 2 is 2.14 bits per heavy atom. The summed E-state index contributed by atoms with van der Waals surface area (Å²) in [6.07, 6.45) is 5.38. The quantitative estimate of drug-likeness (QED) is 0.938. The van der Waals surface area contributed by atoms with Crippen molar-refractivity contribution in [1.82, 2.24) is 19.6 Å². The third-order valence-electron chi connectivity index (χ3n) is 4.23. The minimum Gasteiger partial charge on any atom is -0.348 e. The molecule has 0 bridgehead atoms. The lowest BCUT2D eigenvalue weighted by Crippen LogP contribution is -2.42. The van der Waals surface area contributed by atoms with E-state index in [0.29, 0.717) is 13.1 Å². The van der Waals surface area contributed by atoms with Crippen LogP contribution in [0.3, 0.4) is 0 Å². The number of imidazole rings is 1. The fourth-order valence-corrected chi connectivity index (χ4v) is 3.52. The van der Waals surface area contributed by atoms with E-state index in [0.717, 1.165) is 23.5 Å². The zero-order valence-corrected chi connectivity index (χ0v) is 13.6. The van der Waals surface area contributed by atoms with Crippen LogP contribution in [0.4, 0.5) is 0 Å². The third kappa shape index (κ3) is 2.99. The van der Waals surface area contributed by atoms with E-state index < -0.39 is 0 Å². The summed E-state index contributed by atoms with van der Waals surface area (Å²) >= 11 is 1.58. The molecular weight excluding hydrogens is 300 g/mol. The molecule has 0 aliphatic carbocycles. The maximum atomic E-state index is 12.4. The Bertz CT molecular complexity index is 656. The van der Waals surface area contributed by atoms with E-state index >= 15 is 0 Å². The van der Waals surface area contributed by atoms with Crippen molar-refractivity contribution in [2.45, 2.75) is 32.7 Å². The highest BCUT2D eigenvalue weighted by Gasteiger charge is 2.27. The van der Waals surface area contributed by atoms with Gasteiger partial charge in [-0.1, -0.05) is 0 Å². The van der Waals surface area contributed by atoms with Gasteiger partial charge >= 0.3 is 0 Å². The normalized spacial score (nSPS) is 17.6. The second-order valence-corrected chi connectivity index (χ2v) is 6.64. The first-order valence-electron chi connectivity index (χ1n) is 7.52. The Hall–Kier alpha value is -1.89. The van der Waals surface area contributed by atoms with Gasteiger partial charge in [0.2, 0.25) is 11.8 Å². The van der Waals surface area contributed by atoms with Crippen molar-refractivity contribution < 1.29 is 9.59 Å². The van der Waals surface area contributed by atoms with Gasteiger partial charge in [-0.3, -0.25) is 14.0 Å². The number of amides is 2. The second-order valence-electron chi connectivity index (χ2n) is 5.77. The molecule has 0 aromatic carbocycles. The number of piperidine rings is 1. The summed E-state index contributed by atoms with van der Waals surface area (Å²) in [5.41, 5.74) is 0.876. The number of carbonyl (C=O) groups is 2. The number of thiazole rings is 1. The number of hydrogen-bond acceptors (Lipinski definition) is 4. The van der Waals surface area contributed by atoms with Crippen molar-refractivity contribution in [3.8, 4) is 0 Å². The summed E-state index contributed by atoms with van der Waals surface area (Å²) in [5.74, 6) is 0.138. The van der Waals surface area contributed by atoms with Crippen molar-refractivity contribution in [1.29, 1.82) is 0 Å². The molecule has 0 saturated carbocycles. The van der Waals surface area contributed by atoms with Crippen LogP contribution in [-0.4, -0.2) is 39.2 Å². The Kier molecular flexibility index (Phi) is 4.15. The lowest BCUT2D eigenvalue weighted by Gasteiger charge is -2.31. The minimum absolute atomic E-state index is 0.0122. The van der Waals surface area contributed by atoms with Crippen LogP contribution in [0, 0.1) is 5.92 Å². The van der Waals surface area contributed by atoms with Crippen LogP contribution >= 0.6 is 11.3 Å². The monoisotopic (exact) mass is 320 g/mol. The summed E-state index contributed by atoms with van der Waals surface area (Å²) < 4.78 is 1.97. The van der Waals surface area contributed by atoms with Crippen molar-refractivity contribution in [3.05, 3.63) is 23.5 Å². The van der Waals surface area contributed by atoms with E-state index in [-0.39, 0.29) is 23.8 Å². The predicted octanol–water partition coefficient (Wildman–Crippen LogP) is 1.83. The van der Waals surface area contributed by atoms with Gasteiger partial charge < -0.3 is 10.2 Å². The lowest BCUT2D eigenvalue weighted by atomic mass is 9.95. The van der Waals surface area contributed by atoms with Crippen LogP contribution in [0.5, 0.6) is 0 Å². The SMILES string of the molecule is CC(=O)N1CCC(C(=O)N[C@@H](C)c2cn3ccsc3n2)CC1. The molecule has 6 nitrogen and oxygen atoms in total. The number of fused-ring (bicyclic) bond motifs is 1. The molecule has 118 valence electrons. The topological polar surface area (TPSA) is 66.7 Å². The van der Waals surface area contributed by atoms with E-state index in [2.05, 4.69) is 10.3 Å². The minimum atomic E-state index is -0.106. The van der Waals surface area contributed by atoms with Crippen LogP contribution in [0.2, 0.25) is 0 Å². The lowest BCUT2D eigenvalue weighted by molar-refractivity contribution is -0.134. The first-order chi connectivity index (χ1) is 10.5. The first-order valence-corrected chi connectivity index (χ1v) is 8.40. The summed E-state index contributed by atoms with van der Waals surface area (Å²) in [6.45, 7) is 4.87. The van der Waals surface area contributed by atoms with Gasteiger partial charge in [0.05, 0.1) is 11.7 Å². The molecule has 0 spiro atoms. The Morgan fingerprint density at radius 1 is 1.41 bits per heavy atom. The number of rotatable bonds is 3. The highest BCUT2D eigenvalue weighted by molar-refractivity contribution is 7.15. The zero-order chi connectivity index (χ0) is 15.7. The van der Waals surface area contributed by atoms with Gasteiger partial charge in [0, 0.05) is 43.7 Å². The van der Waals surface area contributed by atoms with Crippen molar-refractivity contribution in [3.63, 3.8) is 0 Å². The maximum Gasteiger partial charge on any atom is 0.223 e. The fraction of sp³-hybridized carbons (Fsp3) is 0.533. The maximum absolute atomic E-state index is 12.4. The Labute approximate surface area is 133 Å². The van der Waals surface area contributed by atoms with Crippen LogP contribution in [0.15, 0.2) is 17.8 Å². The Balaban J connectivity index is 1.57.